The molecule has 0 radical (unpaired) electrons. The summed E-state index contributed by atoms with van der Waals surface area (Å²) in [4.78, 5) is 4.44. The number of rotatable bonds is 4. The number of benzene rings is 1. The Bertz CT molecular complexity index is 418. The monoisotopic (exact) mass is 285 g/mol. The minimum atomic E-state index is -0.267. The maximum atomic E-state index is 14.0. The molecule has 0 aliphatic carbocycles. The average Bonchev–Trinajstić information content (AvgIpc) is 2.83. The van der Waals surface area contributed by atoms with Gasteiger partial charge in [0.25, 0.3) is 0 Å². The van der Waals surface area contributed by atoms with Gasteiger partial charge in [-0.25, -0.2) is 4.39 Å². The number of likely N-dealkylation sites (N-methyl/N-ethyl adjacent to an activating group) is 1. The van der Waals surface area contributed by atoms with Crippen molar-refractivity contribution in [3.05, 3.63) is 34.6 Å². The molecule has 1 aliphatic rings. The van der Waals surface area contributed by atoms with Crippen molar-refractivity contribution >= 4 is 11.6 Å². The summed E-state index contributed by atoms with van der Waals surface area (Å²) in [6.45, 7) is 2.20. The predicted octanol–water partition coefficient (Wildman–Crippen LogP) is 2.11. The maximum Gasteiger partial charge on any atom is 0.129 e. The molecule has 3 nitrogen and oxygen atoms in total. The van der Waals surface area contributed by atoms with Crippen LogP contribution in [-0.2, 0) is 0 Å². The molecule has 5 heteroatoms. The first-order chi connectivity index (χ1) is 9.04. The van der Waals surface area contributed by atoms with E-state index in [1.807, 2.05) is 0 Å². The van der Waals surface area contributed by atoms with E-state index in [0.717, 1.165) is 19.5 Å². The molecule has 0 spiro atoms. The lowest BCUT2D eigenvalue weighted by molar-refractivity contribution is 0.217. The van der Waals surface area contributed by atoms with Crippen LogP contribution in [0.15, 0.2) is 18.2 Å². The quantitative estimate of drug-likeness (QED) is 0.920. The topological polar surface area (TPSA) is 32.5 Å². The predicted molar refractivity (Wildman–Crippen MR) is 76.9 cm³/mol. The van der Waals surface area contributed by atoms with Crippen molar-refractivity contribution in [2.75, 3.05) is 33.7 Å². The average molecular weight is 286 g/mol. The summed E-state index contributed by atoms with van der Waals surface area (Å²) < 4.78 is 14.0. The first-order valence-corrected chi connectivity index (χ1v) is 6.96. The SMILES string of the molecule is CN(C)C1CCN(C(CN)c2c(F)cccc2Cl)C1. The van der Waals surface area contributed by atoms with Gasteiger partial charge in [0.15, 0.2) is 0 Å². The van der Waals surface area contributed by atoms with Crippen molar-refractivity contribution < 1.29 is 4.39 Å². The molecule has 0 amide bonds. The Hall–Kier alpha value is -0.680. The summed E-state index contributed by atoms with van der Waals surface area (Å²) in [7, 11) is 4.14. The molecule has 0 aromatic heterocycles. The minimum Gasteiger partial charge on any atom is -0.329 e. The molecule has 1 saturated heterocycles. The lowest BCUT2D eigenvalue weighted by atomic mass is 10.0. The van der Waals surface area contributed by atoms with Crippen molar-refractivity contribution in [1.82, 2.24) is 9.80 Å². The highest BCUT2D eigenvalue weighted by molar-refractivity contribution is 6.31. The molecule has 2 unspecified atom stereocenters. The van der Waals surface area contributed by atoms with Gasteiger partial charge in [0, 0.05) is 36.3 Å². The lowest BCUT2D eigenvalue weighted by Gasteiger charge is -2.29. The standard InChI is InChI=1S/C14H21ClFN3/c1-18(2)10-6-7-19(9-10)13(8-17)14-11(15)4-3-5-12(14)16/h3-5,10,13H,6-9,17H2,1-2H3. The van der Waals surface area contributed by atoms with Crippen LogP contribution in [0.25, 0.3) is 0 Å². The van der Waals surface area contributed by atoms with Gasteiger partial charge in [-0.2, -0.15) is 0 Å². The zero-order chi connectivity index (χ0) is 14.0. The molecule has 1 heterocycles. The number of hydrogen-bond donors (Lipinski definition) is 1. The number of likely N-dealkylation sites (tertiary alicyclic amines) is 1. The lowest BCUT2D eigenvalue weighted by Crippen LogP contribution is -2.36. The Kier molecular flexibility index (Phi) is 4.79. The Balaban J connectivity index is 2.22. The number of nitrogens with two attached hydrogens (primary N) is 1. The summed E-state index contributed by atoms with van der Waals surface area (Å²) >= 11 is 6.15. The van der Waals surface area contributed by atoms with Gasteiger partial charge < -0.3 is 10.6 Å². The molecule has 2 N–H and O–H groups in total. The minimum absolute atomic E-state index is 0.140. The largest absolute Gasteiger partial charge is 0.329 e. The second-order valence-electron chi connectivity index (χ2n) is 5.29. The summed E-state index contributed by atoms with van der Waals surface area (Å²) in [5, 5.41) is 0.462. The van der Waals surface area contributed by atoms with Crippen LogP contribution in [0.3, 0.4) is 0 Å². The first kappa shape index (κ1) is 14.7. The number of nitrogens with zero attached hydrogens (tertiary/aromatic N) is 2. The van der Waals surface area contributed by atoms with Crippen molar-refractivity contribution in [2.45, 2.75) is 18.5 Å². The van der Waals surface area contributed by atoms with Gasteiger partial charge in [-0.05, 0) is 32.6 Å². The molecule has 0 bridgehead atoms. The third kappa shape index (κ3) is 3.08. The van der Waals surface area contributed by atoms with Crippen LogP contribution >= 0.6 is 11.6 Å². The summed E-state index contributed by atoms with van der Waals surface area (Å²) in [5.74, 6) is -0.267. The van der Waals surface area contributed by atoms with Gasteiger partial charge in [0.2, 0.25) is 0 Å². The first-order valence-electron chi connectivity index (χ1n) is 6.59. The van der Waals surface area contributed by atoms with Crippen LogP contribution in [-0.4, -0.2) is 49.6 Å². The second-order valence-corrected chi connectivity index (χ2v) is 5.70. The van der Waals surface area contributed by atoms with Crippen LogP contribution < -0.4 is 5.73 Å². The van der Waals surface area contributed by atoms with Crippen LogP contribution in [0, 0.1) is 5.82 Å². The number of halogens is 2. The second kappa shape index (κ2) is 6.18. The summed E-state index contributed by atoms with van der Waals surface area (Å²) in [6, 6.07) is 5.16. The molecule has 2 atom stereocenters. The number of hydrogen-bond acceptors (Lipinski definition) is 3. The molecular weight excluding hydrogens is 265 g/mol. The van der Waals surface area contributed by atoms with Gasteiger partial charge >= 0.3 is 0 Å². The van der Waals surface area contributed by atoms with Crippen LogP contribution in [0.2, 0.25) is 5.02 Å². The Morgan fingerprint density at radius 1 is 1.53 bits per heavy atom. The normalized spacial score (nSPS) is 22.1. The maximum absolute atomic E-state index is 14.0. The zero-order valence-corrected chi connectivity index (χ0v) is 12.2. The van der Waals surface area contributed by atoms with Crippen LogP contribution in [0.4, 0.5) is 4.39 Å². The summed E-state index contributed by atoms with van der Waals surface area (Å²) in [5.41, 5.74) is 6.40. The van der Waals surface area contributed by atoms with Crippen molar-refractivity contribution in [1.29, 1.82) is 0 Å². The third-order valence-corrected chi connectivity index (χ3v) is 4.25. The van der Waals surface area contributed by atoms with Gasteiger partial charge in [-0.1, -0.05) is 17.7 Å². The van der Waals surface area contributed by atoms with Crippen molar-refractivity contribution in [2.24, 2.45) is 5.73 Å². The fourth-order valence-corrected chi connectivity index (χ4v) is 3.04. The summed E-state index contributed by atoms with van der Waals surface area (Å²) in [6.07, 6.45) is 1.08. The van der Waals surface area contributed by atoms with Crippen molar-refractivity contribution in [3.63, 3.8) is 0 Å². The van der Waals surface area contributed by atoms with Crippen LogP contribution in [0.5, 0.6) is 0 Å². The Morgan fingerprint density at radius 3 is 2.79 bits per heavy atom. The molecule has 1 aromatic carbocycles. The third-order valence-electron chi connectivity index (χ3n) is 3.92. The molecule has 1 aromatic rings. The van der Waals surface area contributed by atoms with E-state index in [1.165, 1.54) is 6.07 Å². The highest BCUT2D eigenvalue weighted by Crippen LogP contribution is 2.32. The Morgan fingerprint density at radius 2 is 2.26 bits per heavy atom. The molecule has 2 rings (SSSR count). The van der Waals surface area contributed by atoms with E-state index < -0.39 is 0 Å². The molecular formula is C14H21ClFN3. The molecule has 1 aliphatic heterocycles. The van der Waals surface area contributed by atoms with E-state index in [2.05, 4.69) is 23.9 Å². The molecule has 0 saturated carbocycles. The highest BCUT2D eigenvalue weighted by Gasteiger charge is 2.31. The van der Waals surface area contributed by atoms with E-state index in [1.54, 1.807) is 12.1 Å². The molecule has 1 fully saturated rings. The molecule has 106 valence electrons. The van der Waals surface area contributed by atoms with Crippen LogP contribution in [0.1, 0.15) is 18.0 Å². The fraction of sp³-hybridized carbons (Fsp3) is 0.571. The van der Waals surface area contributed by atoms with Crippen molar-refractivity contribution in [3.8, 4) is 0 Å². The van der Waals surface area contributed by atoms with E-state index in [9.17, 15) is 4.39 Å². The Labute approximate surface area is 119 Å². The highest BCUT2D eigenvalue weighted by atomic mass is 35.5. The van der Waals surface area contributed by atoms with E-state index in [0.29, 0.717) is 23.2 Å². The zero-order valence-electron chi connectivity index (χ0n) is 11.4. The van der Waals surface area contributed by atoms with Gasteiger partial charge in [-0.3, -0.25) is 4.90 Å². The van der Waals surface area contributed by atoms with E-state index in [4.69, 9.17) is 17.3 Å². The smallest absolute Gasteiger partial charge is 0.129 e. The fourth-order valence-electron chi connectivity index (χ4n) is 2.75. The van der Waals surface area contributed by atoms with E-state index in [-0.39, 0.29) is 11.9 Å². The van der Waals surface area contributed by atoms with Gasteiger partial charge in [-0.15, -0.1) is 0 Å². The van der Waals surface area contributed by atoms with E-state index >= 15 is 0 Å². The van der Waals surface area contributed by atoms with Gasteiger partial charge in [0.05, 0.1) is 6.04 Å². The molecule has 19 heavy (non-hydrogen) atoms. The van der Waals surface area contributed by atoms with Gasteiger partial charge in [0.1, 0.15) is 5.82 Å².